The van der Waals surface area contributed by atoms with Crippen LogP contribution in [0.2, 0.25) is 0 Å². The van der Waals surface area contributed by atoms with E-state index in [4.69, 9.17) is 5.73 Å². The van der Waals surface area contributed by atoms with Crippen molar-refractivity contribution in [1.29, 1.82) is 0 Å². The largest absolute Gasteiger partial charge is 0.366 e. The van der Waals surface area contributed by atoms with E-state index >= 15 is 0 Å². The van der Waals surface area contributed by atoms with Crippen molar-refractivity contribution in [3.8, 4) is 0 Å². The molecule has 0 radical (unpaired) electrons. The molecule has 1 unspecified atom stereocenters. The molecule has 1 rings (SSSR count). The van der Waals surface area contributed by atoms with Gasteiger partial charge in [-0.25, -0.2) is 0 Å². The van der Waals surface area contributed by atoms with E-state index in [0.717, 1.165) is 0 Å². The van der Waals surface area contributed by atoms with Gasteiger partial charge in [-0.1, -0.05) is 18.2 Å². The van der Waals surface area contributed by atoms with Crippen molar-refractivity contribution in [1.82, 2.24) is 5.32 Å². The van der Waals surface area contributed by atoms with Crippen molar-refractivity contribution in [2.45, 2.75) is 6.17 Å². The van der Waals surface area contributed by atoms with Gasteiger partial charge in [0.15, 0.2) is 0 Å². The number of carbonyl (C=O) groups excluding carboxylic acids is 2. The first kappa shape index (κ1) is 10.8. The molecule has 15 heavy (non-hydrogen) atoms. The highest BCUT2D eigenvalue weighted by atomic mass is 16.2. The molecule has 0 heterocycles. The number of azo groups is 1. The Morgan fingerprint density at radius 3 is 2.60 bits per heavy atom. The number of carbonyl (C=O) groups is 2. The fraction of sp³-hybridized carbons (Fsp3) is 0.111. The summed E-state index contributed by atoms with van der Waals surface area (Å²) in [4.78, 5) is 20.9. The summed E-state index contributed by atoms with van der Waals surface area (Å²) in [6, 6.07) is 8.81. The molecule has 1 aromatic carbocycles. The van der Waals surface area contributed by atoms with E-state index in [-0.39, 0.29) is 0 Å². The van der Waals surface area contributed by atoms with Crippen LogP contribution in [0.4, 0.5) is 5.69 Å². The summed E-state index contributed by atoms with van der Waals surface area (Å²) in [5.41, 5.74) is 5.55. The zero-order chi connectivity index (χ0) is 11.1. The lowest BCUT2D eigenvalue weighted by molar-refractivity contribution is -0.122. The Hall–Kier alpha value is -2.24. The fourth-order valence-corrected chi connectivity index (χ4v) is 0.856. The van der Waals surface area contributed by atoms with Crippen molar-refractivity contribution in [2.24, 2.45) is 16.0 Å². The monoisotopic (exact) mass is 206 g/mol. The molecule has 6 heteroatoms. The van der Waals surface area contributed by atoms with E-state index in [2.05, 4.69) is 15.5 Å². The van der Waals surface area contributed by atoms with Gasteiger partial charge in [-0.2, -0.15) is 10.2 Å². The van der Waals surface area contributed by atoms with Gasteiger partial charge in [-0.15, -0.1) is 0 Å². The third-order valence-electron chi connectivity index (χ3n) is 1.54. The predicted molar refractivity (Wildman–Crippen MR) is 53.1 cm³/mol. The highest BCUT2D eigenvalue weighted by Gasteiger charge is 2.11. The molecule has 0 fully saturated rings. The molecule has 0 aliphatic rings. The summed E-state index contributed by atoms with van der Waals surface area (Å²) >= 11 is 0. The minimum atomic E-state index is -1.12. The molecule has 0 aromatic heterocycles. The van der Waals surface area contributed by atoms with Crippen LogP contribution in [0.25, 0.3) is 0 Å². The second-order valence-corrected chi connectivity index (χ2v) is 2.64. The first-order chi connectivity index (χ1) is 7.24. The number of hydrogen-bond donors (Lipinski definition) is 2. The van der Waals surface area contributed by atoms with E-state index < -0.39 is 12.1 Å². The minimum absolute atomic E-state index is 0.347. The molecule has 0 aliphatic heterocycles. The summed E-state index contributed by atoms with van der Waals surface area (Å²) in [6.45, 7) is 0. The highest BCUT2D eigenvalue weighted by Crippen LogP contribution is 2.10. The molecule has 0 saturated heterocycles. The van der Waals surface area contributed by atoms with Crippen molar-refractivity contribution < 1.29 is 9.59 Å². The molecular weight excluding hydrogens is 196 g/mol. The number of nitrogens with two attached hydrogens (primary N) is 1. The quantitative estimate of drug-likeness (QED) is 0.536. The van der Waals surface area contributed by atoms with Gasteiger partial charge in [0.1, 0.15) is 0 Å². The van der Waals surface area contributed by atoms with E-state index in [9.17, 15) is 9.59 Å². The Kier molecular flexibility index (Phi) is 3.96. The number of primary amides is 1. The average Bonchev–Trinajstić information content (AvgIpc) is 2.25. The molecule has 1 atom stereocenters. The Labute approximate surface area is 86.2 Å². The number of nitrogens with one attached hydrogen (secondary N) is 1. The summed E-state index contributed by atoms with van der Waals surface area (Å²) in [7, 11) is 0. The third kappa shape index (κ3) is 3.55. The Morgan fingerprint density at radius 1 is 1.40 bits per heavy atom. The van der Waals surface area contributed by atoms with Crippen LogP contribution in [0, 0.1) is 0 Å². The maximum absolute atomic E-state index is 10.8. The molecule has 0 spiro atoms. The van der Waals surface area contributed by atoms with Gasteiger partial charge in [-0.3, -0.25) is 9.59 Å². The molecule has 1 aromatic rings. The molecular formula is C9H10N4O2. The van der Waals surface area contributed by atoms with Crippen LogP contribution in [0.15, 0.2) is 40.6 Å². The lowest BCUT2D eigenvalue weighted by Crippen LogP contribution is -2.38. The lowest BCUT2D eigenvalue weighted by atomic mass is 10.3. The maximum Gasteiger partial charge on any atom is 0.264 e. The van der Waals surface area contributed by atoms with Crippen LogP contribution in [0.5, 0.6) is 0 Å². The average molecular weight is 206 g/mol. The SMILES string of the molecule is NC(=O)C(N=Nc1ccccc1)NC=O. The first-order valence-electron chi connectivity index (χ1n) is 4.19. The number of hydrogen-bond acceptors (Lipinski definition) is 4. The molecule has 0 saturated carbocycles. The number of amides is 2. The zero-order valence-corrected chi connectivity index (χ0v) is 7.83. The summed E-state index contributed by atoms with van der Waals surface area (Å²) in [6.07, 6.45) is -0.776. The van der Waals surface area contributed by atoms with E-state index in [1.807, 2.05) is 6.07 Å². The maximum atomic E-state index is 10.8. The van der Waals surface area contributed by atoms with Crippen LogP contribution in [0.3, 0.4) is 0 Å². The van der Waals surface area contributed by atoms with Crippen molar-refractivity contribution in [3.05, 3.63) is 30.3 Å². The van der Waals surface area contributed by atoms with E-state index in [1.165, 1.54) is 0 Å². The van der Waals surface area contributed by atoms with E-state index in [0.29, 0.717) is 12.1 Å². The van der Waals surface area contributed by atoms with Gasteiger partial charge in [-0.05, 0) is 12.1 Å². The number of nitrogens with zero attached hydrogens (tertiary/aromatic N) is 2. The van der Waals surface area contributed by atoms with Crippen molar-refractivity contribution >= 4 is 18.0 Å². The highest BCUT2D eigenvalue weighted by molar-refractivity contribution is 5.81. The number of benzene rings is 1. The second kappa shape index (κ2) is 5.48. The van der Waals surface area contributed by atoms with Gasteiger partial charge in [0.25, 0.3) is 5.91 Å². The van der Waals surface area contributed by atoms with E-state index in [1.54, 1.807) is 24.3 Å². The van der Waals surface area contributed by atoms with Crippen LogP contribution in [-0.4, -0.2) is 18.5 Å². The van der Waals surface area contributed by atoms with Gasteiger partial charge >= 0.3 is 0 Å². The molecule has 78 valence electrons. The molecule has 3 N–H and O–H groups in total. The molecule has 0 aliphatic carbocycles. The first-order valence-corrected chi connectivity index (χ1v) is 4.19. The van der Waals surface area contributed by atoms with Crippen molar-refractivity contribution in [3.63, 3.8) is 0 Å². The molecule has 6 nitrogen and oxygen atoms in total. The molecule has 0 bridgehead atoms. The van der Waals surface area contributed by atoms with Gasteiger partial charge in [0.2, 0.25) is 12.6 Å². The van der Waals surface area contributed by atoms with Gasteiger partial charge in [0.05, 0.1) is 5.69 Å². The Balaban J connectivity index is 2.69. The third-order valence-corrected chi connectivity index (χ3v) is 1.54. The summed E-state index contributed by atoms with van der Waals surface area (Å²) in [5.74, 6) is -0.762. The normalized spacial score (nSPS) is 12.3. The smallest absolute Gasteiger partial charge is 0.264 e. The topological polar surface area (TPSA) is 96.9 Å². The minimum Gasteiger partial charge on any atom is -0.366 e. The Bertz CT molecular complexity index is 364. The zero-order valence-electron chi connectivity index (χ0n) is 7.83. The lowest BCUT2D eigenvalue weighted by Gasteiger charge is -2.03. The number of rotatable bonds is 5. The van der Waals surface area contributed by atoms with Crippen molar-refractivity contribution in [2.75, 3.05) is 0 Å². The van der Waals surface area contributed by atoms with Gasteiger partial charge < -0.3 is 11.1 Å². The Morgan fingerprint density at radius 2 is 2.07 bits per heavy atom. The van der Waals surface area contributed by atoms with Gasteiger partial charge in [0, 0.05) is 0 Å². The van der Waals surface area contributed by atoms with Crippen LogP contribution in [-0.2, 0) is 9.59 Å². The van der Waals surface area contributed by atoms with Crippen LogP contribution >= 0.6 is 0 Å². The summed E-state index contributed by atoms with van der Waals surface area (Å²) < 4.78 is 0. The predicted octanol–water partition coefficient (Wildman–Crippen LogP) is 0.328. The second-order valence-electron chi connectivity index (χ2n) is 2.64. The van der Waals surface area contributed by atoms with Crippen LogP contribution in [0.1, 0.15) is 0 Å². The fourth-order valence-electron chi connectivity index (χ4n) is 0.856. The molecule has 2 amide bonds. The van der Waals surface area contributed by atoms with Crippen LogP contribution < -0.4 is 11.1 Å². The summed E-state index contributed by atoms with van der Waals surface area (Å²) in [5, 5.41) is 9.48. The standard InChI is InChI=1S/C9H10N4O2/c10-8(15)9(11-6-14)13-12-7-4-2-1-3-5-7/h1-6,9H,(H2,10,15)(H,11,14).